The molecule has 1 aliphatic rings. The number of aliphatic hydroxyl groups is 1. The molecule has 3 rings (SSSR count). The SMILES string of the molecule is COc1ccc(OC)c(C(O)CNC(=O)NCC2CCN(c3ccc(F)c(F)c3)C2)c1. The minimum Gasteiger partial charge on any atom is -0.497 e. The number of methoxy groups -OCH3 is 2. The largest absolute Gasteiger partial charge is 0.497 e. The Balaban J connectivity index is 1.45. The second-order valence-corrected chi connectivity index (χ2v) is 7.41. The maximum Gasteiger partial charge on any atom is 0.314 e. The number of hydrogen-bond acceptors (Lipinski definition) is 5. The maximum absolute atomic E-state index is 13.4. The number of benzene rings is 2. The van der Waals surface area contributed by atoms with Crippen LogP contribution >= 0.6 is 0 Å². The molecule has 0 saturated carbocycles. The van der Waals surface area contributed by atoms with Crippen LogP contribution in [0.1, 0.15) is 18.1 Å². The summed E-state index contributed by atoms with van der Waals surface area (Å²) in [6.45, 7) is 1.77. The van der Waals surface area contributed by atoms with Gasteiger partial charge in [0.05, 0.1) is 14.2 Å². The minimum absolute atomic E-state index is 0.00100. The highest BCUT2D eigenvalue weighted by molar-refractivity contribution is 5.73. The zero-order valence-corrected chi connectivity index (χ0v) is 17.5. The van der Waals surface area contributed by atoms with Gasteiger partial charge in [-0.05, 0) is 42.7 Å². The topological polar surface area (TPSA) is 83.1 Å². The van der Waals surface area contributed by atoms with Crippen molar-refractivity contribution in [2.24, 2.45) is 5.92 Å². The Bertz CT molecular complexity index is 912. The third kappa shape index (κ3) is 5.75. The number of hydrogen-bond donors (Lipinski definition) is 3. The van der Waals surface area contributed by atoms with E-state index in [9.17, 15) is 18.7 Å². The van der Waals surface area contributed by atoms with E-state index in [1.165, 1.54) is 20.3 Å². The molecule has 0 spiro atoms. The van der Waals surface area contributed by atoms with Crippen LogP contribution < -0.4 is 25.0 Å². The number of aliphatic hydroxyl groups excluding tert-OH is 1. The van der Waals surface area contributed by atoms with Gasteiger partial charge in [0.15, 0.2) is 11.6 Å². The number of carbonyl (C=O) groups excluding carboxylic acids is 1. The number of urea groups is 1. The highest BCUT2D eigenvalue weighted by Crippen LogP contribution is 2.29. The van der Waals surface area contributed by atoms with Crippen LogP contribution in [0.2, 0.25) is 0 Å². The van der Waals surface area contributed by atoms with Crippen molar-refractivity contribution in [1.82, 2.24) is 10.6 Å². The maximum atomic E-state index is 13.4. The van der Waals surface area contributed by atoms with E-state index in [2.05, 4.69) is 10.6 Å². The van der Waals surface area contributed by atoms with Crippen molar-refractivity contribution in [3.8, 4) is 11.5 Å². The van der Waals surface area contributed by atoms with E-state index in [0.717, 1.165) is 12.5 Å². The van der Waals surface area contributed by atoms with Crippen molar-refractivity contribution in [1.29, 1.82) is 0 Å². The van der Waals surface area contributed by atoms with Gasteiger partial charge < -0.3 is 30.1 Å². The number of nitrogens with one attached hydrogen (secondary N) is 2. The average molecular weight is 435 g/mol. The fourth-order valence-electron chi connectivity index (χ4n) is 3.61. The normalized spacial score (nSPS) is 16.7. The number of anilines is 1. The summed E-state index contributed by atoms with van der Waals surface area (Å²) < 4.78 is 37.0. The Labute approximate surface area is 180 Å². The van der Waals surface area contributed by atoms with Gasteiger partial charge in [-0.25, -0.2) is 13.6 Å². The Morgan fingerprint density at radius 2 is 1.97 bits per heavy atom. The minimum atomic E-state index is -0.967. The molecule has 2 aromatic rings. The monoisotopic (exact) mass is 435 g/mol. The van der Waals surface area contributed by atoms with Crippen LogP contribution in [-0.4, -0.2) is 51.5 Å². The lowest BCUT2D eigenvalue weighted by Gasteiger charge is -2.19. The Morgan fingerprint density at radius 1 is 1.16 bits per heavy atom. The molecule has 2 amide bonds. The molecule has 168 valence electrons. The lowest BCUT2D eigenvalue weighted by molar-refractivity contribution is 0.168. The fraction of sp³-hybridized carbons (Fsp3) is 0.409. The number of rotatable bonds is 8. The molecule has 2 atom stereocenters. The van der Waals surface area contributed by atoms with Gasteiger partial charge in [0.25, 0.3) is 0 Å². The average Bonchev–Trinajstić information content (AvgIpc) is 3.26. The summed E-state index contributed by atoms with van der Waals surface area (Å²) in [5.74, 6) is -0.483. The summed E-state index contributed by atoms with van der Waals surface area (Å²) in [5.41, 5.74) is 1.14. The van der Waals surface area contributed by atoms with Gasteiger partial charge in [0.2, 0.25) is 0 Å². The van der Waals surface area contributed by atoms with Crippen LogP contribution in [0.4, 0.5) is 19.3 Å². The second kappa shape index (κ2) is 10.3. The number of ether oxygens (including phenoxy) is 2. The van der Waals surface area contributed by atoms with E-state index >= 15 is 0 Å². The summed E-state index contributed by atoms with van der Waals surface area (Å²) in [6, 6.07) is 8.53. The van der Waals surface area contributed by atoms with Gasteiger partial charge in [-0.15, -0.1) is 0 Å². The molecule has 1 aliphatic heterocycles. The molecule has 1 fully saturated rings. The van der Waals surface area contributed by atoms with E-state index in [-0.39, 0.29) is 12.5 Å². The van der Waals surface area contributed by atoms with E-state index in [4.69, 9.17) is 9.47 Å². The second-order valence-electron chi connectivity index (χ2n) is 7.41. The molecule has 2 aromatic carbocycles. The highest BCUT2D eigenvalue weighted by atomic mass is 19.2. The van der Waals surface area contributed by atoms with Crippen LogP contribution in [0.3, 0.4) is 0 Å². The quantitative estimate of drug-likeness (QED) is 0.594. The molecule has 3 N–H and O–H groups in total. The third-order valence-electron chi connectivity index (χ3n) is 5.36. The summed E-state index contributed by atoms with van der Waals surface area (Å²) in [7, 11) is 3.03. The van der Waals surface area contributed by atoms with Crippen molar-refractivity contribution < 1.29 is 28.2 Å². The molecule has 31 heavy (non-hydrogen) atoms. The molecule has 2 unspecified atom stereocenters. The van der Waals surface area contributed by atoms with Crippen LogP contribution in [-0.2, 0) is 0 Å². The molecule has 1 heterocycles. The van der Waals surface area contributed by atoms with Crippen LogP contribution in [0.5, 0.6) is 11.5 Å². The van der Waals surface area contributed by atoms with Crippen LogP contribution in [0, 0.1) is 17.6 Å². The summed E-state index contributed by atoms with van der Waals surface area (Å²) >= 11 is 0. The zero-order chi connectivity index (χ0) is 22.4. The van der Waals surface area contributed by atoms with Gasteiger partial charge in [-0.3, -0.25) is 0 Å². The first-order valence-corrected chi connectivity index (χ1v) is 10.0. The molecule has 0 radical (unpaired) electrons. The molecule has 7 nitrogen and oxygen atoms in total. The van der Waals surface area contributed by atoms with Crippen molar-refractivity contribution in [3.63, 3.8) is 0 Å². The van der Waals surface area contributed by atoms with Crippen molar-refractivity contribution in [3.05, 3.63) is 53.6 Å². The van der Waals surface area contributed by atoms with E-state index < -0.39 is 23.8 Å². The zero-order valence-electron chi connectivity index (χ0n) is 17.5. The van der Waals surface area contributed by atoms with Crippen molar-refractivity contribution in [2.45, 2.75) is 12.5 Å². The summed E-state index contributed by atoms with van der Waals surface area (Å²) in [4.78, 5) is 14.1. The van der Waals surface area contributed by atoms with E-state index in [1.807, 2.05) is 4.90 Å². The molecule has 0 aliphatic carbocycles. The summed E-state index contributed by atoms with van der Waals surface area (Å²) in [5, 5.41) is 15.9. The molecule has 9 heteroatoms. The van der Waals surface area contributed by atoms with Crippen LogP contribution in [0.25, 0.3) is 0 Å². The first kappa shape index (κ1) is 22.6. The Kier molecular flexibility index (Phi) is 7.51. The standard InChI is InChI=1S/C22H27F2N3O4/c1-30-16-4-6-21(31-2)17(10-16)20(28)12-26-22(29)25-11-14-7-8-27(13-14)15-3-5-18(23)19(24)9-15/h3-6,9-10,14,20,28H,7-8,11-13H2,1-2H3,(H2,25,26,29). The van der Waals surface area contributed by atoms with Crippen molar-refractivity contribution >= 4 is 11.7 Å². The summed E-state index contributed by atoms with van der Waals surface area (Å²) in [6.07, 6.45) is -0.144. The first-order valence-electron chi connectivity index (χ1n) is 10.0. The van der Waals surface area contributed by atoms with Gasteiger partial charge in [0.1, 0.15) is 17.6 Å². The molecular weight excluding hydrogens is 408 g/mol. The van der Waals surface area contributed by atoms with Crippen molar-refractivity contribution in [2.75, 3.05) is 45.3 Å². The number of halogens is 2. The molecule has 0 aromatic heterocycles. The van der Waals surface area contributed by atoms with Gasteiger partial charge in [-0.2, -0.15) is 0 Å². The lowest BCUT2D eigenvalue weighted by Crippen LogP contribution is -2.40. The molecule has 0 bridgehead atoms. The van der Waals surface area contributed by atoms with Gasteiger partial charge >= 0.3 is 6.03 Å². The molecule has 1 saturated heterocycles. The number of carbonyl (C=O) groups is 1. The third-order valence-corrected chi connectivity index (χ3v) is 5.36. The first-order chi connectivity index (χ1) is 14.9. The van der Waals surface area contributed by atoms with E-state index in [1.54, 1.807) is 24.3 Å². The number of amides is 2. The fourth-order valence-corrected chi connectivity index (χ4v) is 3.61. The Morgan fingerprint density at radius 3 is 2.68 bits per heavy atom. The predicted molar refractivity (Wildman–Crippen MR) is 113 cm³/mol. The lowest BCUT2D eigenvalue weighted by atomic mass is 10.1. The van der Waals surface area contributed by atoms with E-state index in [0.29, 0.717) is 42.4 Å². The highest BCUT2D eigenvalue weighted by Gasteiger charge is 2.24. The predicted octanol–water partition coefficient (Wildman–Crippen LogP) is 2.84. The Hall–Kier alpha value is -3.07. The van der Waals surface area contributed by atoms with Gasteiger partial charge in [-0.1, -0.05) is 0 Å². The number of nitrogens with zero attached hydrogens (tertiary/aromatic N) is 1. The molecular formula is C22H27F2N3O4. The van der Waals surface area contributed by atoms with Crippen LogP contribution in [0.15, 0.2) is 36.4 Å². The smallest absolute Gasteiger partial charge is 0.314 e. The van der Waals surface area contributed by atoms with Gasteiger partial charge in [0, 0.05) is 43.5 Å².